The van der Waals surface area contributed by atoms with Gasteiger partial charge in [0.2, 0.25) is 0 Å². The average molecular weight is 237 g/mol. The number of carbonyl (C=O) groups is 1. The fourth-order valence-corrected chi connectivity index (χ4v) is 3.65. The molecule has 0 atom stereocenters. The molecule has 0 amide bonds. The first kappa shape index (κ1) is 10.5. The van der Waals surface area contributed by atoms with Gasteiger partial charge in [0.05, 0.1) is 0 Å². The van der Waals surface area contributed by atoms with Crippen LogP contribution in [0.4, 0.5) is 0 Å². The predicted octanol–water partition coefficient (Wildman–Crippen LogP) is 2.43. The van der Waals surface area contributed by atoms with Crippen molar-refractivity contribution in [2.75, 3.05) is 0 Å². The van der Waals surface area contributed by atoms with Crippen LogP contribution in [0.1, 0.15) is 17.3 Å². The molecular weight excluding hydrogens is 221 g/mol. The van der Waals surface area contributed by atoms with E-state index in [1.807, 2.05) is 12.1 Å². The maximum absolute atomic E-state index is 11.0. The molecule has 0 aromatic heterocycles. The molecule has 1 rings (SSSR count). The van der Waals surface area contributed by atoms with Crippen molar-refractivity contribution in [1.29, 1.82) is 0 Å². The van der Waals surface area contributed by atoms with E-state index in [1.165, 1.54) is 4.40 Å². The third-order valence-electron chi connectivity index (χ3n) is 2.16. The Kier molecular flexibility index (Phi) is 2.96. The number of Topliss-reactive ketones (excluding diaryl/α,β-unsaturated/α-hetero) is 1. The van der Waals surface area contributed by atoms with Crippen LogP contribution in [0.3, 0.4) is 0 Å². The summed E-state index contributed by atoms with van der Waals surface area (Å²) in [7, 11) is 0. The second kappa shape index (κ2) is 3.66. The van der Waals surface area contributed by atoms with Gasteiger partial charge in [-0.3, -0.25) is 0 Å². The van der Waals surface area contributed by atoms with Gasteiger partial charge in [0.15, 0.2) is 0 Å². The molecule has 0 spiro atoms. The van der Waals surface area contributed by atoms with Crippen LogP contribution in [-0.4, -0.2) is 19.0 Å². The van der Waals surface area contributed by atoms with Gasteiger partial charge in [-0.05, 0) is 0 Å². The van der Waals surface area contributed by atoms with Crippen LogP contribution in [0.25, 0.3) is 0 Å². The SMILES string of the molecule is CC(=O)c1cc[c]([Ge]([CH3])([CH3])[CH3])cc1. The van der Waals surface area contributed by atoms with Gasteiger partial charge in [-0.15, -0.1) is 0 Å². The molecule has 1 aromatic carbocycles. The topological polar surface area (TPSA) is 17.1 Å². The molecule has 1 nitrogen and oxygen atoms in total. The van der Waals surface area contributed by atoms with E-state index < -0.39 is 13.3 Å². The van der Waals surface area contributed by atoms with E-state index >= 15 is 0 Å². The fraction of sp³-hybridized carbons (Fsp3) is 0.364. The van der Waals surface area contributed by atoms with Gasteiger partial charge in [-0.25, -0.2) is 0 Å². The molecule has 0 fully saturated rings. The first-order chi connectivity index (χ1) is 5.91. The quantitative estimate of drug-likeness (QED) is 0.570. The summed E-state index contributed by atoms with van der Waals surface area (Å²) in [5.74, 6) is 7.20. The number of benzene rings is 1. The van der Waals surface area contributed by atoms with Crippen LogP contribution in [0, 0.1) is 0 Å². The van der Waals surface area contributed by atoms with Crippen LogP contribution in [-0.2, 0) is 0 Å². The zero-order chi connectivity index (χ0) is 10.1. The van der Waals surface area contributed by atoms with Crippen LogP contribution in [0.5, 0.6) is 0 Å². The Morgan fingerprint density at radius 1 is 1.08 bits per heavy atom. The molecular formula is C11H16GeO. The minimum absolute atomic E-state index is 0.146. The molecule has 13 heavy (non-hydrogen) atoms. The van der Waals surface area contributed by atoms with E-state index in [9.17, 15) is 4.79 Å². The number of hydrogen-bond acceptors (Lipinski definition) is 1. The van der Waals surface area contributed by atoms with E-state index in [-0.39, 0.29) is 5.78 Å². The molecule has 0 bridgehead atoms. The summed E-state index contributed by atoms with van der Waals surface area (Å²) in [4.78, 5) is 11.0. The van der Waals surface area contributed by atoms with Gasteiger partial charge in [0.1, 0.15) is 0 Å². The molecule has 0 unspecified atom stereocenters. The second-order valence-corrected chi connectivity index (χ2v) is 15.0. The first-order valence-electron chi connectivity index (χ1n) is 4.53. The van der Waals surface area contributed by atoms with Gasteiger partial charge >= 0.3 is 82.3 Å². The molecule has 2 heteroatoms. The first-order valence-corrected chi connectivity index (χ1v) is 11.9. The monoisotopic (exact) mass is 238 g/mol. The normalized spacial score (nSPS) is 11.4. The molecule has 0 aliphatic heterocycles. The third-order valence-corrected chi connectivity index (χ3v) is 6.49. The van der Waals surface area contributed by atoms with Gasteiger partial charge in [-0.1, -0.05) is 0 Å². The molecule has 0 radical (unpaired) electrons. The minimum atomic E-state index is -1.68. The van der Waals surface area contributed by atoms with Crippen molar-refractivity contribution in [3.8, 4) is 0 Å². The second-order valence-electron chi connectivity index (χ2n) is 4.38. The van der Waals surface area contributed by atoms with Gasteiger partial charge in [-0.2, -0.15) is 0 Å². The molecule has 0 aliphatic rings. The Balaban J connectivity index is 3.01. The van der Waals surface area contributed by atoms with Gasteiger partial charge in [0, 0.05) is 0 Å². The van der Waals surface area contributed by atoms with E-state index in [0.29, 0.717) is 0 Å². The van der Waals surface area contributed by atoms with Crippen LogP contribution >= 0.6 is 0 Å². The standard InChI is InChI=1S/C11H16GeO/c1-9(13)10-5-7-11(8-6-10)12(2,3)4/h5-8H,1-4H3. The van der Waals surface area contributed by atoms with E-state index in [4.69, 9.17) is 0 Å². The molecule has 0 heterocycles. The summed E-state index contributed by atoms with van der Waals surface area (Å²) < 4.78 is 1.45. The number of hydrogen-bond donors (Lipinski definition) is 0. The Bertz CT molecular complexity index is 306. The summed E-state index contributed by atoms with van der Waals surface area (Å²) in [6, 6.07) is 8.09. The Morgan fingerprint density at radius 3 is 1.85 bits per heavy atom. The van der Waals surface area contributed by atoms with Crippen molar-refractivity contribution in [2.24, 2.45) is 0 Å². The van der Waals surface area contributed by atoms with Crippen molar-refractivity contribution < 1.29 is 4.79 Å². The summed E-state index contributed by atoms with van der Waals surface area (Å²) >= 11 is -1.68. The number of rotatable bonds is 2. The number of ketones is 1. The summed E-state index contributed by atoms with van der Waals surface area (Å²) in [5, 5.41) is 0. The molecule has 1 aromatic rings. The van der Waals surface area contributed by atoms with Gasteiger partial charge in [0.25, 0.3) is 0 Å². The Morgan fingerprint density at radius 2 is 1.54 bits per heavy atom. The van der Waals surface area contributed by atoms with E-state index in [1.54, 1.807) is 6.92 Å². The van der Waals surface area contributed by atoms with Crippen molar-refractivity contribution >= 4 is 23.4 Å². The van der Waals surface area contributed by atoms with Gasteiger partial charge < -0.3 is 0 Å². The molecule has 70 valence electrons. The molecule has 0 N–H and O–H groups in total. The molecule has 0 aliphatic carbocycles. The number of carbonyl (C=O) groups excluding carboxylic acids is 1. The molecule has 0 saturated heterocycles. The molecule has 0 saturated carbocycles. The zero-order valence-electron chi connectivity index (χ0n) is 8.72. The average Bonchev–Trinajstić information content (AvgIpc) is 2.03. The summed E-state index contributed by atoms with van der Waals surface area (Å²) in [5.41, 5.74) is 0.815. The zero-order valence-corrected chi connectivity index (χ0v) is 10.8. The Hall–Kier alpha value is -0.567. The van der Waals surface area contributed by atoms with Crippen molar-refractivity contribution in [3.63, 3.8) is 0 Å². The third kappa shape index (κ3) is 2.69. The van der Waals surface area contributed by atoms with Crippen LogP contribution in [0.15, 0.2) is 24.3 Å². The maximum atomic E-state index is 11.0. The Labute approximate surface area is 82.5 Å². The van der Waals surface area contributed by atoms with Crippen LogP contribution < -0.4 is 4.40 Å². The van der Waals surface area contributed by atoms with Crippen molar-refractivity contribution in [2.45, 2.75) is 24.2 Å². The summed E-state index contributed by atoms with van der Waals surface area (Å²) in [6.07, 6.45) is 0. The van der Waals surface area contributed by atoms with Crippen LogP contribution in [0.2, 0.25) is 17.3 Å². The predicted molar refractivity (Wildman–Crippen MR) is 59.4 cm³/mol. The van der Waals surface area contributed by atoms with Crippen molar-refractivity contribution in [1.82, 2.24) is 0 Å². The van der Waals surface area contributed by atoms with E-state index in [2.05, 4.69) is 29.4 Å². The van der Waals surface area contributed by atoms with E-state index in [0.717, 1.165) is 5.56 Å². The summed E-state index contributed by atoms with van der Waals surface area (Å²) in [6.45, 7) is 1.60. The van der Waals surface area contributed by atoms with Crippen molar-refractivity contribution in [3.05, 3.63) is 29.8 Å². The fourth-order valence-electron chi connectivity index (χ4n) is 1.20.